The number of methoxy groups -OCH3 is 1. The van der Waals surface area contributed by atoms with Crippen LogP contribution in [0.5, 0.6) is 0 Å². The van der Waals surface area contributed by atoms with Crippen LogP contribution in [0.1, 0.15) is 13.3 Å². The summed E-state index contributed by atoms with van der Waals surface area (Å²) in [4.78, 5) is 0. The lowest BCUT2D eigenvalue weighted by Crippen LogP contribution is -2.43. The second kappa shape index (κ2) is 5.49. The highest BCUT2D eigenvalue weighted by Gasteiger charge is 2.20. The Kier molecular flexibility index (Phi) is 5.41. The topological polar surface area (TPSA) is 75.7 Å². The van der Waals surface area contributed by atoms with Crippen molar-refractivity contribution >= 4 is 0 Å². The minimum atomic E-state index is -0.702. The van der Waals surface area contributed by atoms with E-state index >= 15 is 0 Å². The molecule has 0 spiro atoms. The van der Waals surface area contributed by atoms with E-state index in [1.807, 2.05) is 0 Å². The Hall–Kier alpha value is -0.160. The van der Waals surface area contributed by atoms with Crippen LogP contribution in [0.2, 0.25) is 0 Å². The van der Waals surface area contributed by atoms with Gasteiger partial charge in [0.1, 0.15) is 0 Å². The normalized spacial score (nSPS) is 19.4. The molecule has 4 nitrogen and oxygen atoms in total. The van der Waals surface area contributed by atoms with Crippen molar-refractivity contribution in [2.75, 3.05) is 13.7 Å². The van der Waals surface area contributed by atoms with Crippen LogP contribution in [0.3, 0.4) is 0 Å². The van der Waals surface area contributed by atoms with Gasteiger partial charge in [-0.3, -0.25) is 0 Å². The lowest BCUT2D eigenvalue weighted by Gasteiger charge is -2.22. The zero-order valence-electron chi connectivity index (χ0n) is 7.03. The van der Waals surface area contributed by atoms with E-state index in [-0.39, 0.29) is 12.7 Å². The Labute approximate surface area is 67.0 Å². The summed E-state index contributed by atoms with van der Waals surface area (Å²) in [5, 5.41) is 17.9. The van der Waals surface area contributed by atoms with E-state index in [0.29, 0.717) is 6.42 Å². The van der Waals surface area contributed by atoms with E-state index in [9.17, 15) is 5.11 Å². The van der Waals surface area contributed by atoms with Crippen LogP contribution in [0.4, 0.5) is 0 Å². The van der Waals surface area contributed by atoms with Crippen molar-refractivity contribution in [1.82, 2.24) is 0 Å². The number of rotatable bonds is 5. The largest absolute Gasteiger partial charge is 0.396 e. The van der Waals surface area contributed by atoms with Crippen LogP contribution in [0.25, 0.3) is 0 Å². The second-order valence-corrected chi connectivity index (χ2v) is 2.61. The summed E-state index contributed by atoms with van der Waals surface area (Å²) in [7, 11) is 1.51. The summed E-state index contributed by atoms with van der Waals surface area (Å²) in [6.45, 7) is 1.73. The van der Waals surface area contributed by atoms with Crippen molar-refractivity contribution in [3.8, 4) is 0 Å². The third kappa shape index (κ3) is 3.67. The van der Waals surface area contributed by atoms with Gasteiger partial charge in [-0.2, -0.15) is 0 Å². The first-order chi connectivity index (χ1) is 5.13. The first kappa shape index (κ1) is 10.8. The molecule has 11 heavy (non-hydrogen) atoms. The first-order valence-corrected chi connectivity index (χ1v) is 3.70. The maximum Gasteiger partial charge on any atom is 0.0950 e. The number of ether oxygens (including phenoxy) is 1. The molecule has 4 heteroatoms. The number of nitrogens with two attached hydrogens (primary N) is 1. The highest BCUT2D eigenvalue weighted by molar-refractivity contribution is 4.76. The van der Waals surface area contributed by atoms with Gasteiger partial charge >= 0.3 is 0 Å². The fourth-order valence-electron chi connectivity index (χ4n) is 0.807. The van der Waals surface area contributed by atoms with Crippen molar-refractivity contribution in [2.24, 2.45) is 5.73 Å². The average molecular weight is 163 g/mol. The number of hydrogen-bond acceptors (Lipinski definition) is 4. The van der Waals surface area contributed by atoms with Gasteiger partial charge in [0.15, 0.2) is 0 Å². The summed E-state index contributed by atoms with van der Waals surface area (Å²) < 4.78 is 4.87. The number of aliphatic hydroxyl groups is 2. The van der Waals surface area contributed by atoms with Crippen molar-refractivity contribution in [2.45, 2.75) is 31.6 Å². The molecule has 0 amide bonds. The van der Waals surface area contributed by atoms with Crippen LogP contribution >= 0.6 is 0 Å². The molecule has 3 unspecified atom stereocenters. The second-order valence-electron chi connectivity index (χ2n) is 2.61. The molecule has 0 aromatic rings. The maximum atomic E-state index is 9.36. The summed E-state index contributed by atoms with van der Waals surface area (Å²) in [6, 6.07) is -0.407. The Morgan fingerprint density at radius 1 is 1.55 bits per heavy atom. The SMILES string of the molecule is COC(C)C(O)C(N)CCO. The molecule has 0 aromatic carbocycles. The van der Waals surface area contributed by atoms with E-state index in [2.05, 4.69) is 0 Å². The van der Waals surface area contributed by atoms with Gasteiger partial charge in [0.05, 0.1) is 12.2 Å². The Balaban J connectivity index is 3.70. The Morgan fingerprint density at radius 2 is 2.09 bits per heavy atom. The first-order valence-electron chi connectivity index (χ1n) is 3.70. The minimum Gasteiger partial charge on any atom is -0.396 e. The summed E-state index contributed by atoms with van der Waals surface area (Å²) in [6.07, 6.45) is -0.585. The van der Waals surface area contributed by atoms with Crippen molar-refractivity contribution in [3.63, 3.8) is 0 Å². The van der Waals surface area contributed by atoms with Gasteiger partial charge in [-0.25, -0.2) is 0 Å². The van der Waals surface area contributed by atoms with Gasteiger partial charge in [-0.1, -0.05) is 0 Å². The molecular weight excluding hydrogens is 146 g/mol. The predicted molar refractivity (Wildman–Crippen MR) is 42.2 cm³/mol. The molecule has 0 aliphatic carbocycles. The molecule has 0 rings (SSSR count). The number of hydrogen-bond donors (Lipinski definition) is 3. The Morgan fingerprint density at radius 3 is 2.45 bits per heavy atom. The lowest BCUT2D eigenvalue weighted by molar-refractivity contribution is -0.0165. The monoisotopic (exact) mass is 163 g/mol. The van der Waals surface area contributed by atoms with E-state index in [1.165, 1.54) is 7.11 Å². The van der Waals surface area contributed by atoms with Gasteiger partial charge in [0.25, 0.3) is 0 Å². The Bertz CT molecular complexity index is 99.7. The molecule has 0 bridgehead atoms. The summed E-state index contributed by atoms with van der Waals surface area (Å²) >= 11 is 0. The van der Waals surface area contributed by atoms with E-state index in [0.717, 1.165) is 0 Å². The third-order valence-electron chi connectivity index (χ3n) is 1.75. The standard InChI is InChI=1S/C7H17NO3/c1-5(11-2)7(10)6(8)3-4-9/h5-7,9-10H,3-4,8H2,1-2H3. The third-order valence-corrected chi connectivity index (χ3v) is 1.75. The molecule has 0 aliphatic rings. The fraction of sp³-hybridized carbons (Fsp3) is 1.00. The smallest absolute Gasteiger partial charge is 0.0950 e. The zero-order valence-corrected chi connectivity index (χ0v) is 7.03. The van der Waals surface area contributed by atoms with Gasteiger partial charge < -0.3 is 20.7 Å². The van der Waals surface area contributed by atoms with E-state index in [4.69, 9.17) is 15.6 Å². The number of aliphatic hydroxyl groups excluding tert-OH is 2. The average Bonchev–Trinajstić information content (AvgIpc) is 2.02. The minimum absolute atomic E-state index is 0.00530. The van der Waals surface area contributed by atoms with Crippen LogP contribution in [-0.2, 0) is 4.74 Å². The molecular formula is C7H17NO3. The van der Waals surface area contributed by atoms with Crippen molar-refractivity contribution < 1.29 is 14.9 Å². The molecule has 3 atom stereocenters. The van der Waals surface area contributed by atoms with Crippen LogP contribution in [-0.4, -0.2) is 42.2 Å². The lowest BCUT2D eigenvalue weighted by atomic mass is 10.1. The highest BCUT2D eigenvalue weighted by atomic mass is 16.5. The van der Waals surface area contributed by atoms with Crippen molar-refractivity contribution in [1.29, 1.82) is 0 Å². The molecule has 68 valence electrons. The quantitative estimate of drug-likeness (QED) is 0.490. The van der Waals surface area contributed by atoms with Gasteiger partial charge in [-0.05, 0) is 13.3 Å². The zero-order chi connectivity index (χ0) is 8.85. The summed E-state index contributed by atoms with van der Waals surface area (Å²) in [5.41, 5.74) is 5.51. The molecule has 0 fully saturated rings. The highest BCUT2D eigenvalue weighted by Crippen LogP contribution is 2.03. The molecule has 0 heterocycles. The maximum absolute atomic E-state index is 9.36. The molecule has 0 aromatic heterocycles. The van der Waals surface area contributed by atoms with Crippen LogP contribution in [0, 0.1) is 0 Å². The molecule has 0 saturated heterocycles. The predicted octanol–water partition coefficient (Wildman–Crippen LogP) is -0.908. The fourth-order valence-corrected chi connectivity index (χ4v) is 0.807. The van der Waals surface area contributed by atoms with E-state index in [1.54, 1.807) is 6.92 Å². The molecule has 0 radical (unpaired) electrons. The molecule has 0 aliphatic heterocycles. The van der Waals surface area contributed by atoms with Gasteiger partial charge in [-0.15, -0.1) is 0 Å². The molecule has 0 saturated carbocycles. The van der Waals surface area contributed by atoms with E-state index < -0.39 is 12.1 Å². The van der Waals surface area contributed by atoms with Crippen molar-refractivity contribution in [3.05, 3.63) is 0 Å². The molecule has 4 N–H and O–H groups in total. The van der Waals surface area contributed by atoms with Gasteiger partial charge in [0.2, 0.25) is 0 Å². The van der Waals surface area contributed by atoms with Gasteiger partial charge in [0, 0.05) is 19.8 Å². The van der Waals surface area contributed by atoms with Crippen LogP contribution in [0.15, 0.2) is 0 Å². The summed E-state index contributed by atoms with van der Waals surface area (Å²) in [5.74, 6) is 0. The van der Waals surface area contributed by atoms with Crippen LogP contribution < -0.4 is 5.73 Å².